The number of alkyl halides is 2. The molecule has 84 valence electrons. The molecule has 1 aromatic rings. The molecule has 0 amide bonds. The first-order chi connectivity index (χ1) is 7.16. The smallest absolute Gasteiger partial charge is 0.248 e. The van der Waals surface area contributed by atoms with Crippen LogP contribution in [0.5, 0.6) is 0 Å². The van der Waals surface area contributed by atoms with E-state index in [-0.39, 0.29) is 18.9 Å². The van der Waals surface area contributed by atoms with Crippen molar-refractivity contribution in [3.63, 3.8) is 0 Å². The highest BCUT2D eigenvalue weighted by Crippen LogP contribution is 2.32. The molecule has 5 heteroatoms. The van der Waals surface area contributed by atoms with E-state index in [1.807, 2.05) is 0 Å². The van der Waals surface area contributed by atoms with Crippen molar-refractivity contribution in [2.24, 2.45) is 0 Å². The molecule has 0 spiro atoms. The summed E-state index contributed by atoms with van der Waals surface area (Å²) < 4.78 is 25.7. The van der Waals surface area contributed by atoms with E-state index >= 15 is 0 Å². The number of H-pyrrole nitrogens is 1. The molecule has 1 fully saturated rings. The number of rotatable bonds is 3. The molecule has 0 bridgehead atoms. The summed E-state index contributed by atoms with van der Waals surface area (Å²) >= 11 is 0. The van der Waals surface area contributed by atoms with Crippen LogP contribution in [0.3, 0.4) is 0 Å². The Kier molecular flexibility index (Phi) is 3.00. The van der Waals surface area contributed by atoms with Crippen LogP contribution in [0, 0.1) is 0 Å². The number of hydrogen-bond acceptors (Lipinski definition) is 2. The van der Waals surface area contributed by atoms with Crippen LogP contribution in [0.15, 0.2) is 12.4 Å². The number of aromatic nitrogens is 2. The van der Waals surface area contributed by atoms with Gasteiger partial charge in [-0.1, -0.05) is 0 Å². The molecule has 2 N–H and O–H groups in total. The van der Waals surface area contributed by atoms with Gasteiger partial charge < -0.3 is 10.3 Å². The fraction of sp³-hybridized carbons (Fsp3) is 0.700. The first-order valence-corrected chi connectivity index (χ1v) is 5.25. The zero-order valence-electron chi connectivity index (χ0n) is 8.47. The zero-order valence-corrected chi connectivity index (χ0v) is 8.47. The Hall–Kier alpha value is -0.970. The lowest BCUT2D eigenvalue weighted by molar-refractivity contribution is -0.0405. The molecule has 0 aliphatic heterocycles. The molecule has 2 rings (SSSR count). The Morgan fingerprint density at radius 3 is 2.80 bits per heavy atom. The van der Waals surface area contributed by atoms with Gasteiger partial charge in [-0.3, -0.25) is 0 Å². The number of nitrogens with zero attached hydrogens (tertiary/aromatic N) is 1. The second-order valence-electron chi connectivity index (χ2n) is 4.05. The predicted octanol–water partition coefficient (Wildman–Crippen LogP) is 2.08. The maximum Gasteiger partial charge on any atom is 0.248 e. The fourth-order valence-electron chi connectivity index (χ4n) is 1.88. The molecule has 1 saturated carbocycles. The molecule has 1 aliphatic carbocycles. The summed E-state index contributed by atoms with van der Waals surface area (Å²) in [4.78, 5) is 7.03. The number of nitrogens with one attached hydrogen (secondary N) is 2. The van der Waals surface area contributed by atoms with Crippen molar-refractivity contribution in [1.82, 2.24) is 15.3 Å². The lowest BCUT2D eigenvalue weighted by atomic mass is 9.92. The van der Waals surface area contributed by atoms with Gasteiger partial charge in [0.2, 0.25) is 5.92 Å². The standard InChI is InChI=1S/C10H15F2N3/c11-10(12)3-1-8(2-4-10)15-7-9-13-5-6-14-9/h5-6,8,15H,1-4,7H2,(H,13,14). The van der Waals surface area contributed by atoms with Crippen LogP contribution in [0.4, 0.5) is 8.78 Å². The molecule has 1 heterocycles. The number of aromatic amines is 1. The van der Waals surface area contributed by atoms with Gasteiger partial charge in [-0.15, -0.1) is 0 Å². The van der Waals surface area contributed by atoms with Crippen molar-refractivity contribution in [3.8, 4) is 0 Å². The minimum absolute atomic E-state index is 0.00280. The quantitative estimate of drug-likeness (QED) is 0.810. The maximum absolute atomic E-state index is 12.8. The molecule has 1 aromatic heterocycles. The minimum Gasteiger partial charge on any atom is -0.348 e. The third-order valence-electron chi connectivity index (χ3n) is 2.83. The monoisotopic (exact) mass is 215 g/mol. The summed E-state index contributed by atoms with van der Waals surface area (Å²) in [5.41, 5.74) is 0. The Balaban J connectivity index is 1.73. The zero-order chi connectivity index (χ0) is 10.7. The van der Waals surface area contributed by atoms with E-state index in [0.29, 0.717) is 19.4 Å². The van der Waals surface area contributed by atoms with Gasteiger partial charge in [0.15, 0.2) is 0 Å². The fourth-order valence-corrected chi connectivity index (χ4v) is 1.88. The summed E-state index contributed by atoms with van der Waals surface area (Å²) in [5.74, 6) is -1.59. The van der Waals surface area contributed by atoms with Crippen LogP contribution in [0.1, 0.15) is 31.5 Å². The van der Waals surface area contributed by atoms with Crippen molar-refractivity contribution in [2.45, 2.75) is 44.2 Å². The number of imidazole rings is 1. The van der Waals surface area contributed by atoms with Crippen molar-refractivity contribution in [2.75, 3.05) is 0 Å². The highest BCUT2D eigenvalue weighted by atomic mass is 19.3. The van der Waals surface area contributed by atoms with E-state index in [9.17, 15) is 8.78 Å². The molecular formula is C10H15F2N3. The van der Waals surface area contributed by atoms with Gasteiger partial charge in [-0.05, 0) is 12.8 Å². The molecule has 15 heavy (non-hydrogen) atoms. The molecule has 0 unspecified atom stereocenters. The van der Waals surface area contributed by atoms with Crippen molar-refractivity contribution >= 4 is 0 Å². The van der Waals surface area contributed by atoms with Crippen LogP contribution in [-0.2, 0) is 6.54 Å². The Morgan fingerprint density at radius 2 is 2.20 bits per heavy atom. The van der Waals surface area contributed by atoms with E-state index in [2.05, 4.69) is 15.3 Å². The van der Waals surface area contributed by atoms with Crippen molar-refractivity contribution < 1.29 is 8.78 Å². The normalized spacial score (nSPS) is 21.7. The lowest BCUT2D eigenvalue weighted by Gasteiger charge is -2.28. The van der Waals surface area contributed by atoms with Crippen LogP contribution in [0.2, 0.25) is 0 Å². The highest BCUT2D eigenvalue weighted by molar-refractivity contribution is 4.88. The van der Waals surface area contributed by atoms with Gasteiger partial charge in [0.25, 0.3) is 0 Å². The molecule has 0 aromatic carbocycles. The summed E-state index contributed by atoms with van der Waals surface area (Å²) in [6, 6.07) is 0.203. The van der Waals surface area contributed by atoms with Gasteiger partial charge in [0.05, 0.1) is 6.54 Å². The van der Waals surface area contributed by atoms with Gasteiger partial charge in [-0.2, -0.15) is 0 Å². The Morgan fingerprint density at radius 1 is 1.47 bits per heavy atom. The first-order valence-electron chi connectivity index (χ1n) is 5.25. The van der Waals surface area contributed by atoms with Crippen LogP contribution < -0.4 is 5.32 Å². The summed E-state index contributed by atoms with van der Waals surface area (Å²) in [6.45, 7) is 0.628. The van der Waals surface area contributed by atoms with Gasteiger partial charge in [0, 0.05) is 31.3 Å². The summed E-state index contributed by atoms with van der Waals surface area (Å²) in [7, 11) is 0. The SMILES string of the molecule is FC1(F)CCC(NCc2ncc[nH]2)CC1. The van der Waals surface area contributed by atoms with Gasteiger partial charge in [0.1, 0.15) is 5.82 Å². The minimum atomic E-state index is -2.44. The van der Waals surface area contributed by atoms with Crippen LogP contribution >= 0.6 is 0 Å². The Bertz CT molecular complexity index is 288. The lowest BCUT2D eigenvalue weighted by Crippen LogP contribution is -2.36. The van der Waals surface area contributed by atoms with Crippen molar-refractivity contribution in [3.05, 3.63) is 18.2 Å². The molecule has 1 aliphatic rings. The summed E-state index contributed by atoms with van der Waals surface area (Å²) in [6.07, 6.45) is 4.55. The molecule has 0 saturated heterocycles. The first kappa shape index (κ1) is 10.5. The Labute approximate surface area is 87.3 Å². The molecule has 3 nitrogen and oxygen atoms in total. The third kappa shape index (κ3) is 2.99. The third-order valence-corrected chi connectivity index (χ3v) is 2.83. The predicted molar refractivity (Wildman–Crippen MR) is 52.6 cm³/mol. The van der Waals surface area contributed by atoms with Crippen LogP contribution in [-0.4, -0.2) is 21.9 Å². The average Bonchev–Trinajstić information content (AvgIpc) is 2.69. The topological polar surface area (TPSA) is 40.7 Å². The van der Waals surface area contributed by atoms with E-state index in [1.165, 1.54) is 0 Å². The molecule has 0 radical (unpaired) electrons. The van der Waals surface area contributed by atoms with Crippen molar-refractivity contribution in [1.29, 1.82) is 0 Å². The van der Waals surface area contributed by atoms with E-state index in [1.54, 1.807) is 12.4 Å². The molecule has 0 atom stereocenters. The second kappa shape index (κ2) is 4.26. The van der Waals surface area contributed by atoms with Crippen LogP contribution in [0.25, 0.3) is 0 Å². The second-order valence-corrected chi connectivity index (χ2v) is 4.05. The number of hydrogen-bond donors (Lipinski definition) is 2. The largest absolute Gasteiger partial charge is 0.348 e. The van der Waals surface area contributed by atoms with E-state index < -0.39 is 5.92 Å². The number of halogens is 2. The molecular weight excluding hydrogens is 200 g/mol. The highest BCUT2D eigenvalue weighted by Gasteiger charge is 2.34. The van der Waals surface area contributed by atoms with E-state index in [4.69, 9.17) is 0 Å². The maximum atomic E-state index is 12.8. The van der Waals surface area contributed by atoms with Gasteiger partial charge in [-0.25, -0.2) is 13.8 Å². The van der Waals surface area contributed by atoms with E-state index in [0.717, 1.165) is 5.82 Å². The summed E-state index contributed by atoms with van der Waals surface area (Å²) in [5, 5.41) is 3.23. The average molecular weight is 215 g/mol. The van der Waals surface area contributed by atoms with Gasteiger partial charge >= 0.3 is 0 Å².